The Kier molecular flexibility index (Phi) is 5.83. The first kappa shape index (κ1) is 17.6. The molecule has 0 spiro atoms. The first-order chi connectivity index (χ1) is 9.60. The number of anilines is 1. The summed E-state index contributed by atoms with van der Waals surface area (Å²) in [6, 6.07) is 4.59. The standard InChI is InChI=1S/C14H21ClN2O4/c1-14(2,3)21-13(20)17-7-11(18)12(19)9-6-8(16)4-5-10(9)15/h4-6,11-12,18-19H,7,16H2,1-3H3,(H,17,20). The molecule has 0 saturated carbocycles. The zero-order chi connectivity index (χ0) is 16.2. The number of hydrogen-bond donors (Lipinski definition) is 4. The molecule has 2 unspecified atom stereocenters. The van der Waals surface area contributed by atoms with Gasteiger partial charge in [-0.1, -0.05) is 11.6 Å². The average Bonchev–Trinajstić information content (AvgIpc) is 2.36. The topological polar surface area (TPSA) is 105 Å². The molecule has 2 atom stereocenters. The van der Waals surface area contributed by atoms with Crippen LogP contribution in [0.25, 0.3) is 0 Å². The molecule has 0 saturated heterocycles. The van der Waals surface area contributed by atoms with Crippen LogP contribution in [0.2, 0.25) is 5.02 Å². The Bertz CT molecular complexity index is 502. The van der Waals surface area contributed by atoms with Crippen molar-refractivity contribution in [2.24, 2.45) is 0 Å². The zero-order valence-corrected chi connectivity index (χ0v) is 13.0. The minimum atomic E-state index is -1.27. The Labute approximate surface area is 128 Å². The van der Waals surface area contributed by atoms with Gasteiger partial charge in [-0.3, -0.25) is 0 Å². The molecule has 5 N–H and O–H groups in total. The highest BCUT2D eigenvalue weighted by molar-refractivity contribution is 6.31. The van der Waals surface area contributed by atoms with Crippen LogP contribution in [0, 0.1) is 0 Å². The molecule has 1 aromatic carbocycles. The minimum Gasteiger partial charge on any atom is -0.444 e. The Hall–Kier alpha value is -1.50. The van der Waals surface area contributed by atoms with Crippen molar-refractivity contribution in [2.75, 3.05) is 12.3 Å². The molecule has 6 nitrogen and oxygen atoms in total. The Morgan fingerprint density at radius 1 is 1.43 bits per heavy atom. The molecule has 0 aliphatic rings. The van der Waals surface area contributed by atoms with E-state index in [-0.39, 0.29) is 11.6 Å². The fourth-order valence-corrected chi connectivity index (χ4v) is 1.84. The minimum absolute atomic E-state index is 0.179. The zero-order valence-electron chi connectivity index (χ0n) is 12.3. The van der Waals surface area contributed by atoms with Crippen molar-refractivity contribution in [2.45, 2.75) is 38.6 Å². The lowest BCUT2D eigenvalue weighted by Crippen LogP contribution is -2.38. The van der Waals surface area contributed by atoms with E-state index in [9.17, 15) is 15.0 Å². The molecule has 7 heteroatoms. The van der Waals surface area contributed by atoms with Crippen molar-refractivity contribution < 1.29 is 19.7 Å². The van der Waals surface area contributed by atoms with Crippen molar-refractivity contribution in [1.82, 2.24) is 5.32 Å². The number of aliphatic hydroxyl groups excluding tert-OH is 2. The average molecular weight is 317 g/mol. The number of hydrogen-bond acceptors (Lipinski definition) is 5. The highest BCUT2D eigenvalue weighted by Crippen LogP contribution is 2.27. The van der Waals surface area contributed by atoms with E-state index in [2.05, 4.69) is 5.32 Å². The molecular weight excluding hydrogens is 296 g/mol. The van der Waals surface area contributed by atoms with Gasteiger partial charge in [0.15, 0.2) is 0 Å². The number of amides is 1. The summed E-state index contributed by atoms with van der Waals surface area (Å²) in [5.41, 5.74) is 5.70. The van der Waals surface area contributed by atoms with Crippen LogP contribution in [0.15, 0.2) is 18.2 Å². The van der Waals surface area contributed by atoms with E-state index < -0.39 is 23.9 Å². The summed E-state index contributed by atoms with van der Waals surface area (Å²) < 4.78 is 5.03. The summed E-state index contributed by atoms with van der Waals surface area (Å²) in [4.78, 5) is 11.5. The summed E-state index contributed by atoms with van der Waals surface area (Å²) in [5.74, 6) is 0. The molecule has 0 heterocycles. The predicted molar refractivity (Wildman–Crippen MR) is 81.1 cm³/mol. The van der Waals surface area contributed by atoms with Gasteiger partial charge in [0.05, 0.1) is 0 Å². The van der Waals surface area contributed by atoms with Crippen LogP contribution in [0.3, 0.4) is 0 Å². The quantitative estimate of drug-likeness (QED) is 0.634. The number of halogens is 1. The third-order valence-electron chi connectivity index (χ3n) is 2.56. The van der Waals surface area contributed by atoms with Crippen LogP contribution >= 0.6 is 11.6 Å². The van der Waals surface area contributed by atoms with Gasteiger partial charge in [0.25, 0.3) is 0 Å². The fourth-order valence-electron chi connectivity index (χ4n) is 1.61. The Morgan fingerprint density at radius 2 is 2.05 bits per heavy atom. The lowest BCUT2D eigenvalue weighted by molar-refractivity contribution is 0.0130. The van der Waals surface area contributed by atoms with Crippen LogP contribution in [0.5, 0.6) is 0 Å². The van der Waals surface area contributed by atoms with E-state index in [1.807, 2.05) is 0 Å². The van der Waals surface area contributed by atoms with Crippen molar-refractivity contribution >= 4 is 23.4 Å². The van der Waals surface area contributed by atoms with Crippen LogP contribution in [-0.2, 0) is 4.74 Å². The predicted octanol–water partition coefficient (Wildman–Crippen LogP) is 1.84. The smallest absolute Gasteiger partial charge is 0.407 e. The molecule has 0 radical (unpaired) electrons. The Balaban J connectivity index is 2.61. The maximum Gasteiger partial charge on any atom is 0.407 e. The number of benzene rings is 1. The SMILES string of the molecule is CC(C)(C)OC(=O)NCC(O)C(O)c1cc(N)ccc1Cl. The number of nitrogen functional groups attached to an aromatic ring is 1. The van der Waals surface area contributed by atoms with Crippen LogP contribution < -0.4 is 11.1 Å². The molecule has 0 aliphatic carbocycles. The van der Waals surface area contributed by atoms with Crippen molar-refractivity contribution in [3.63, 3.8) is 0 Å². The van der Waals surface area contributed by atoms with Crippen molar-refractivity contribution in [3.8, 4) is 0 Å². The van der Waals surface area contributed by atoms with Crippen molar-refractivity contribution in [3.05, 3.63) is 28.8 Å². The third kappa shape index (κ3) is 5.79. The maximum absolute atomic E-state index is 11.5. The highest BCUT2D eigenvalue weighted by Gasteiger charge is 2.23. The van der Waals surface area contributed by atoms with Gasteiger partial charge in [0, 0.05) is 22.8 Å². The van der Waals surface area contributed by atoms with Crippen LogP contribution in [-0.4, -0.2) is 34.6 Å². The highest BCUT2D eigenvalue weighted by atomic mass is 35.5. The number of carbonyl (C=O) groups is 1. The second-order valence-electron chi connectivity index (χ2n) is 5.68. The Morgan fingerprint density at radius 3 is 2.62 bits per heavy atom. The number of nitrogens with two attached hydrogens (primary N) is 1. The van der Waals surface area contributed by atoms with Gasteiger partial charge in [-0.2, -0.15) is 0 Å². The number of nitrogens with one attached hydrogen (secondary N) is 1. The van der Waals surface area contributed by atoms with Gasteiger partial charge in [-0.15, -0.1) is 0 Å². The number of carbonyl (C=O) groups excluding carboxylic acids is 1. The van der Waals surface area contributed by atoms with Gasteiger partial charge in [0.1, 0.15) is 17.8 Å². The first-order valence-electron chi connectivity index (χ1n) is 6.48. The number of rotatable bonds is 4. The normalized spacial score (nSPS) is 14.4. The molecule has 0 bridgehead atoms. The molecule has 0 aliphatic heterocycles. The summed E-state index contributed by atoms with van der Waals surface area (Å²) in [7, 11) is 0. The first-order valence-corrected chi connectivity index (χ1v) is 6.86. The summed E-state index contributed by atoms with van der Waals surface area (Å²) in [5, 5.41) is 22.6. The molecule has 0 aromatic heterocycles. The molecule has 1 rings (SSSR count). The lowest BCUT2D eigenvalue weighted by Gasteiger charge is -2.22. The van der Waals surface area contributed by atoms with E-state index in [1.165, 1.54) is 12.1 Å². The van der Waals surface area contributed by atoms with Gasteiger partial charge in [-0.05, 0) is 39.0 Å². The molecule has 1 amide bonds. The van der Waals surface area contributed by atoms with Gasteiger partial charge in [-0.25, -0.2) is 4.79 Å². The molecular formula is C14H21ClN2O4. The van der Waals surface area contributed by atoms with Gasteiger partial charge in [0.2, 0.25) is 0 Å². The molecule has 1 aromatic rings. The summed E-state index contributed by atoms with van der Waals surface area (Å²) >= 11 is 5.95. The monoisotopic (exact) mass is 316 g/mol. The van der Waals surface area contributed by atoms with E-state index in [4.69, 9.17) is 22.1 Å². The van der Waals surface area contributed by atoms with E-state index in [1.54, 1.807) is 26.8 Å². The van der Waals surface area contributed by atoms with Crippen LogP contribution in [0.4, 0.5) is 10.5 Å². The third-order valence-corrected chi connectivity index (χ3v) is 2.90. The second-order valence-corrected chi connectivity index (χ2v) is 6.08. The van der Waals surface area contributed by atoms with Crippen molar-refractivity contribution in [1.29, 1.82) is 0 Å². The van der Waals surface area contributed by atoms with Gasteiger partial charge >= 0.3 is 6.09 Å². The molecule has 118 valence electrons. The van der Waals surface area contributed by atoms with Gasteiger partial charge < -0.3 is 26.0 Å². The maximum atomic E-state index is 11.5. The molecule has 0 fully saturated rings. The second kappa shape index (κ2) is 6.98. The van der Waals surface area contributed by atoms with E-state index in [0.717, 1.165) is 0 Å². The number of aliphatic hydroxyl groups is 2. The van der Waals surface area contributed by atoms with E-state index in [0.29, 0.717) is 11.3 Å². The number of alkyl carbamates (subject to hydrolysis) is 1. The van der Waals surface area contributed by atoms with E-state index >= 15 is 0 Å². The molecule has 21 heavy (non-hydrogen) atoms. The summed E-state index contributed by atoms with van der Waals surface area (Å²) in [6.45, 7) is 5.00. The largest absolute Gasteiger partial charge is 0.444 e. The lowest BCUT2D eigenvalue weighted by atomic mass is 10.0. The number of ether oxygens (including phenoxy) is 1. The summed E-state index contributed by atoms with van der Waals surface area (Å²) in [6.07, 6.45) is -3.18. The fraction of sp³-hybridized carbons (Fsp3) is 0.500. The van der Waals surface area contributed by atoms with Crippen LogP contribution in [0.1, 0.15) is 32.4 Å².